The summed E-state index contributed by atoms with van der Waals surface area (Å²) in [5.74, 6) is 0.729. The van der Waals surface area contributed by atoms with Crippen LogP contribution in [-0.2, 0) is 0 Å². The molecule has 0 fully saturated rings. The molecule has 0 saturated heterocycles. The number of methoxy groups -OCH3 is 1. The summed E-state index contributed by atoms with van der Waals surface area (Å²) in [6, 6.07) is 24.7. The zero-order chi connectivity index (χ0) is 21.4. The highest BCUT2D eigenvalue weighted by atomic mass is 79.9. The summed E-state index contributed by atoms with van der Waals surface area (Å²) >= 11 is 3.58. The highest BCUT2D eigenvalue weighted by molar-refractivity contribution is 9.10. The van der Waals surface area contributed by atoms with E-state index < -0.39 is 0 Å². The lowest BCUT2D eigenvalue weighted by molar-refractivity contribution is 0.102. The Bertz CT molecular complexity index is 1410. The molecule has 5 rings (SSSR count). The molecule has 0 saturated carbocycles. The number of hydrogen-bond donors (Lipinski definition) is 1. The number of carbonyl (C=O) groups excluding carboxylic acids is 1. The maximum absolute atomic E-state index is 13.1. The van der Waals surface area contributed by atoms with E-state index in [9.17, 15) is 4.79 Å². The van der Waals surface area contributed by atoms with Crippen LogP contribution >= 0.6 is 15.9 Å². The maximum atomic E-state index is 13.1. The molecule has 1 aromatic heterocycles. The highest BCUT2D eigenvalue weighted by Gasteiger charge is 2.18. The fourth-order valence-corrected chi connectivity index (χ4v) is 4.31. The van der Waals surface area contributed by atoms with E-state index in [2.05, 4.69) is 26.2 Å². The number of hydrogen-bond acceptors (Lipinski definition) is 4. The van der Waals surface area contributed by atoms with Gasteiger partial charge in [-0.3, -0.25) is 4.79 Å². The second-order valence-electron chi connectivity index (χ2n) is 7.01. The van der Waals surface area contributed by atoms with Gasteiger partial charge in [-0.25, -0.2) is 4.98 Å². The Balaban J connectivity index is 1.49. The van der Waals surface area contributed by atoms with Gasteiger partial charge in [0.2, 0.25) is 5.89 Å². The number of halogens is 1. The molecule has 0 aliphatic heterocycles. The van der Waals surface area contributed by atoms with Crippen LogP contribution in [0.1, 0.15) is 10.4 Å². The molecule has 1 N–H and O–H groups in total. The van der Waals surface area contributed by atoms with Crippen LogP contribution in [0.5, 0.6) is 5.75 Å². The molecule has 0 aliphatic carbocycles. The minimum atomic E-state index is -0.266. The second kappa shape index (κ2) is 7.89. The van der Waals surface area contributed by atoms with Crippen LogP contribution in [0.25, 0.3) is 33.3 Å². The van der Waals surface area contributed by atoms with Crippen LogP contribution in [0, 0.1) is 0 Å². The molecular formula is C25H17BrN2O3. The van der Waals surface area contributed by atoms with Gasteiger partial charge in [0, 0.05) is 11.3 Å². The molecule has 0 atom stereocenters. The molecule has 0 aliphatic rings. The summed E-state index contributed by atoms with van der Waals surface area (Å²) < 4.78 is 12.1. The van der Waals surface area contributed by atoms with Crippen LogP contribution in [0.4, 0.5) is 5.69 Å². The lowest BCUT2D eigenvalue weighted by atomic mass is 10.0. The Morgan fingerprint density at radius 3 is 2.65 bits per heavy atom. The summed E-state index contributed by atoms with van der Waals surface area (Å²) in [5, 5.41) is 4.88. The third kappa shape index (κ3) is 3.55. The first kappa shape index (κ1) is 19.3. The van der Waals surface area contributed by atoms with E-state index in [4.69, 9.17) is 9.15 Å². The minimum absolute atomic E-state index is 0.266. The van der Waals surface area contributed by atoms with Gasteiger partial charge < -0.3 is 14.5 Å². The first-order valence-electron chi connectivity index (χ1n) is 9.66. The Morgan fingerprint density at radius 2 is 1.81 bits per heavy atom. The van der Waals surface area contributed by atoms with Gasteiger partial charge in [-0.2, -0.15) is 0 Å². The van der Waals surface area contributed by atoms with Crippen LogP contribution in [-0.4, -0.2) is 18.0 Å². The van der Waals surface area contributed by atoms with Crippen molar-refractivity contribution in [2.24, 2.45) is 0 Å². The number of oxazole rings is 1. The number of aromatic nitrogens is 1. The summed E-state index contributed by atoms with van der Waals surface area (Å²) in [6.07, 6.45) is 0. The number of benzene rings is 4. The van der Waals surface area contributed by atoms with E-state index >= 15 is 0 Å². The van der Waals surface area contributed by atoms with Crippen molar-refractivity contribution in [3.8, 4) is 17.2 Å². The van der Waals surface area contributed by atoms with Crippen molar-refractivity contribution in [1.82, 2.24) is 4.98 Å². The fourth-order valence-electron chi connectivity index (χ4n) is 3.58. The predicted molar refractivity (Wildman–Crippen MR) is 126 cm³/mol. The number of nitrogens with zero attached hydrogens (tertiary/aromatic N) is 1. The average Bonchev–Trinajstić information content (AvgIpc) is 3.24. The third-order valence-electron chi connectivity index (χ3n) is 5.05. The third-order valence-corrected chi connectivity index (χ3v) is 5.84. The quantitative estimate of drug-likeness (QED) is 0.317. The first-order valence-corrected chi connectivity index (χ1v) is 10.5. The molecule has 4 aromatic carbocycles. The molecule has 5 aromatic rings. The van der Waals surface area contributed by atoms with E-state index in [-0.39, 0.29) is 5.91 Å². The van der Waals surface area contributed by atoms with Gasteiger partial charge in [0.25, 0.3) is 5.91 Å². The molecule has 0 spiro atoms. The normalized spacial score (nSPS) is 11.0. The van der Waals surface area contributed by atoms with Crippen molar-refractivity contribution in [2.45, 2.75) is 0 Å². The van der Waals surface area contributed by atoms with Crippen molar-refractivity contribution >= 4 is 49.4 Å². The number of anilines is 1. The van der Waals surface area contributed by atoms with Crippen molar-refractivity contribution in [1.29, 1.82) is 0 Å². The molecule has 6 heteroatoms. The Hall–Kier alpha value is -3.64. The van der Waals surface area contributed by atoms with Gasteiger partial charge in [-0.05, 0) is 63.1 Å². The lowest BCUT2D eigenvalue weighted by Crippen LogP contribution is -2.13. The van der Waals surface area contributed by atoms with Gasteiger partial charge in [0.05, 0.1) is 17.1 Å². The number of para-hydroxylation sites is 2. The van der Waals surface area contributed by atoms with E-state index in [0.29, 0.717) is 22.9 Å². The number of amides is 1. The van der Waals surface area contributed by atoms with Gasteiger partial charge in [-0.15, -0.1) is 0 Å². The molecule has 1 heterocycles. The number of fused-ring (bicyclic) bond motifs is 2. The number of ether oxygens (including phenoxy) is 1. The van der Waals surface area contributed by atoms with Crippen LogP contribution < -0.4 is 10.1 Å². The summed E-state index contributed by atoms with van der Waals surface area (Å²) in [7, 11) is 1.56. The van der Waals surface area contributed by atoms with E-state index in [1.54, 1.807) is 7.11 Å². The fraction of sp³-hybridized carbons (Fsp3) is 0.0400. The molecular weight excluding hydrogens is 456 g/mol. The summed E-state index contributed by atoms with van der Waals surface area (Å²) in [6.45, 7) is 0. The molecule has 0 bridgehead atoms. The highest BCUT2D eigenvalue weighted by Crippen LogP contribution is 2.37. The predicted octanol–water partition coefficient (Wildman–Crippen LogP) is 6.67. The van der Waals surface area contributed by atoms with Crippen LogP contribution in [0.2, 0.25) is 0 Å². The lowest BCUT2D eigenvalue weighted by Gasteiger charge is -2.14. The van der Waals surface area contributed by atoms with Crippen molar-refractivity contribution < 1.29 is 13.9 Å². The minimum Gasteiger partial charge on any atom is -0.495 e. The zero-order valence-corrected chi connectivity index (χ0v) is 18.1. The largest absolute Gasteiger partial charge is 0.495 e. The molecule has 152 valence electrons. The SMILES string of the molecule is COc1c(C(=O)Nc2cccc(-c3nc4ccccc4o3)c2)cc2ccccc2c1Br. The molecule has 31 heavy (non-hydrogen) atoms. The number of nitrogens with one attached hydrogen (secondary N) is 1. The second-order valence-corrected chi connectivity index (χ2v) is 7.81. The Labute approximate surface area is 186 Å². The monoisotopic (exact) mass is 472 g/mol. The van der Waals surface area contributed by atoms with Gasteiger partial charge in [0.15, 0.2) is 5.58 Å². The van der Waals surface area contributed by atoms with E-state index in [1.807, 2.05) is 78.9 Å². The standard InChI is InChI=1S/C25H17BrN2O3/c1-30-23-19(14-15-7-2-3-10-18(15)22(23)26)24(29)27-17-9-6-8-16(13-17)25-28-20-11-4-5-12-21(20)31-25/h2-14H,1H3,(H,27,29). The van der Waals surface area contributed by atoms with Crippen molar-refractivity contribution in [3.63, 3.8) is 0 Å². The summed E-state index contributed by atoms with van der Waals surface area (Å²) in [5.41, 5.74) is 3.37. The maximum Gasteiger partial charge on any atom is 0.259 e. The number of rotatable bonds is 4. The Morgan fingerprint density at radius 1 is 1.00 bits per heavy atom. The molecule has 0 unspecified atom stereocenters. The Kier molecular flexibility index (Phi) is 4.92. The number of carbonyl (C=O) groups is 1. The summed E-state index contributed by atoms with van der Waals surface area (Å²) in [4.78, 5) is 17.7. The molecule has 1 amide bonds. The van der Waals surface area contributed by atoms with E-state index in [1.165, 1.54) is 0 Å². The smallest absolute Gasteiger partial charge is 0.259 e. The van der Waals surface area contributed by atoms with Crippen LogP contribution in [0.3, 0.4) is 0 Å². The topological polar surface area (TPSA) is 64.4 Å². The molecule has 5 nitrogen and oxygen atoms in total. The van der Waals surface area contributed by atoms with Crippen molar-refractivity contribution in [2.75, 3.05) is 12.4 Å². The average molecular weight is 473 g/mol. The van der Waals surface area contributed by atoms with Gasteiger partial charge >= 0.3 is 0 Å². The molecule has 0 radical (unpaired) electrons. The first-order chi connectivity index (χ1) is 15.1. The van der Waals surface area contributed by atoms with Crippen molar-refractivity contribution in [3.05, 3.63) is 88.9 Å². The zero-order valence-electron chi connectivity index (χ0n) is 16.6. The van der Waals surface area contributed by atoms with Gasteiger partial charge in [-0.1, -0.05) is 42.5 Å². The van der Waals surface area contributed by atoms with Crippen LogP contribution in [0.15, 0.2) is 87.8 Å². The van der Waals surface area contributed by atoms with E-state index in [0.717, 1.165) is 31.9 Å². The van der Waals surface area contributed by atoms with Gasteiger partial charge in [0.1, 0.15) is 11.3 Å².